The van der Waals surface area contributed by atoms with E-state index in [1.807, 2.05) is 19.1 Å². The molecule has 4 unspecified atom stereocenters. The summed E-state index contributed by atoms with van der Waals surface area (Å²) >= 11 is 0. The average Bonchev–Trinajstić information content (AvgIpc) is 3.23. The molecule has 26 heavy (non-hydrogen) atoms. The highest BCUT2D eigenvalue weighted by molar-refractivity contribution is 7.89. The zero-order chi connectivity index (χ0) is 18.9. The number of ether oxygens (including phenoxy) is 1. The SMILES string of the molecule is C#CCCN(C1C2C=CC(C2)C1C(=O)OC)S(=O)(=O)c1ccc(C)cc1. The smallest absolute Gasteiger partial charge is 0.310 e. The van der Waals surface area contributed by atoms with Crippen LogP contribution in [0.1, 0.15) is 18.4 Å². The lowest BCUT2D eigenvalue weighted by atomic mass is 9.89. The molecule has 0 heterocycles. The Labute approximate surface area is 155 Å². The summed E-state index contributed by atoms with van der Waals surface area (Å²) in [5.74, 6) is 1.67. The molecule has 4 atom stereocenters. The van der Waals surface area contributed by atoms with Gasteiger partial charge < -0.3 is 4.74 Å². The van der Waals surface area contributed by atoms with Gasteiger partial charge in [0.05, 0.1) is 17.9 Å². The maximum absolute atomic E-state index is 13.4. The number of rotatable bonds is 6. The highest BCUT2D eigenvalue weighted by Gasteiger charge is 2.53. The fraction of sp³-hybridized carbons (Fsp3) is 0.450. The maximum atomic E-state index is 13.4. The molecular weight excluding hydrogens is 350 g/mol. The number of hydrogen-bond acceptors (Lipinski definition) is 4. The van der Waals surface area contributed by atoms with Crippen LogP contribution in [0.25, 0.3) is 0 Å². The van der Waals surface area contributed by atoms with Gasteiger partial charge in [0.25, 0.3) is 0 Å². The van der Waals surface area contributed by atoms with E-state index in [-0.39, 0.29) is 35.7 Å². The molecule has 6 heteroatoms. The number of hydrogen-bond donors (Lipinski definition) is 0. The van der Waals surface area contributed by atoms with Gasteiger partial charge in [-0.3, -0.25) is 4.79 Å². The standard InChI is InChI=1S/C20H23NO4S/c1-4-5-12-21(26(23,24)17-10-6-14(2)7-11-17)19-16-9-8-15(13-16)18(19)20(22)25-3/h1,6-11,15-16,18-19H,5,12-13H2,2-3H3. The van der Waals surface area contributed by atoms with Crippen LogP contribution in [0.5, 0.6) is 0 Å². The number of esters is 1. The normalized spacial score (nSPS) is 26.8. The first kappa shape index (κ1) is 18.7. The van der Waals surface area contributed by atoms with E-state index in [1.165, 1.54) is 11.4 Å². The summed E-state index contributed by atoms with van der Waals surface area (Å²) in [7, 11) is -2.43. The quantitative estimate of drug-likeness (QED) is 0.436. The van der Waals surface area contributed by atoms with E-state index in [0.717, 1.165) is 12.0 Å². The Kier molecular flexibility index (Phi) is 5.22. The number of carbonyl (C=O) groups is 1. The predicted molar refractivity (Wildman–Crippen MR) is 98.6 cm³/mol. The van der Waals surface area contributed by atoms with E-state index in [1.54, 1.807) is 24.3 Å². The molecule has 138 valence electrons. The van der Waals surface area contributed by atoms with E-state index in [2.05, 4.69) is 5.92 Å². The van der Waals surface area contributed by atoms with Gasteiger partial charge in [-0.1, -0.05) is 29.8 Å². The van der Waals surface area contributed by atoms with Crippen molar-refractivity contribution < 1.29 is 17.9 Å². The number of fused-ring (bicyclic) bond motifs is 2. The van der Waals surface area contributed by atoms with Crippen LogP contribution in [0.3, 0.4) is 0 Å². The van der Waals surface area contributed by atoms with Crippen LogP contribution in [-0.2, 0) is 19.6 Å². The molecule has 0 radical (unpaired) electrons. The maximum Gasteiger partial charge on any atom is 0.310 e. The molecule has 1 saturated carbocycles. The van der Waals surface area contributed by atoms with Crippen molar-refractivity contribution in [1.29, 1.82) is 0 Å². The van der Waals surface area contributed by atoms with E-state index >= 15 is 0 Å². The van der Waals surface area contributed by atoms with Gasteiger partial charge in [0.1, 0.15) is 0 Å². The van der Waals surface area contributed by atoms with Gasteiger partial charge in [0.15, 0.2) is 0 Å². The molecule has 0 N–H and O–H groups in total. The van der Waals surface area contributed by atoms with Crippen molar-refractivity contribution in [2.24, 2.45) is 17.8 Å². The van der Waals surface area contributed by atoms with Crippen molar-refractivity contribution in [2.45, 2.75) is 30.7 Å². The lowest BCUT2D eigenvalue weighted by Crippen LogP contribution is -2.49. The first-order chi connectivity index (χ1) is 12.4. The molecule has 1 aromatic carbocycles. The molecule has 0 aromatic heterocycles. The summed E-state index contributed by atoms with van der Waals surface area (Å²) in [5.41, 5.74) is 0.981. The fourth-order valence-corrected chi connectivity index (χ4v) is 5.78. The Morgan fingerprint density at radius 2 is 1.92 bits per heavy atom. The third-order valence-electron chi connectivity index (χ3n) is 5.33. The minimum absolute atomic E-state index is 0.00194. The highest BCUT2D eigenvalue weighted by Crippen LogP contribution is 2.47. The molecule has 2 bridgehead atoms. The van der Waals surface area contributed by atoms with Crippen molar-refractivity contribution in [3.05, 3.63) is 42.0 Å². The van der Waals surface area contributed by atoms with Gasteiger partial charge in [-0.05, 0) is 37.3 Å². The first-order valence-electron chi connectivity index (χ1n) is 8.68. The summed E-state index contributed by atoms with van der Waals surface area (Å²) < 4.78 is 33.1. The second kappa shape index (κ2) is 7.26. The topological polar surface area (TPSA) is 63.7 Å². The second-order valence-corrected chi connectivity index (χ2v) is 8.76. The Bertz CT molecular complexity index is 851. The minimum atomic E-state index is -3.77. The number of terminal acetylenes is 1. The summed E-state index contributed by atoms with van der Waals surface area (Å²) in [5, 5.41) is 0. The molecule has 1 aromatic rings. The number of nitrogens with zero attached hydrogens (tertiary/aromatic N) is 1. The van der Waals surface area contributed by atoms with Crippen LogP contribution in [0.2, 0.25) is 0 Å². The van der Waals surface area contributed by atoms with Gasteiger partial charge in [-0.25, -0.2) is 8.42 Å². The lowest BCUT2D eigenvalue weighted by molar-refractivity contribution is -0.147. The molecule has 1 fully saturated rings. The number of allylic oxidation sites excluding steroid dienone is 1. The van der Waals surface area contributed by atoms with Gasteiger partial charge in [0.2, 0.25) is 10.0 Å². The van der Waals surface area contributed by atoms with Crippen LogP contribution >= 0.6 is 0 Å². The molecule has 0 spiro atoms. The van der Waals surface area contributed by atoms with Crippen LogP contribution in [0, 0.1) is 37.0 Å². The molecular formula is C20H23NO4S. The zero-order valence-electron chi connectivity index (χ0n) is 15.0. The van der Waals surface area contributed by atoms with Gasteiger partial charge in [0, 0.05) is 19.0 Å². The van der Waals surface area contributed by atoms with Gasteiger partial charge >= 0.3 is 5.97 Å². The number of methoxy groups -OCH3 is 1. The number of carbonyl (C=O) groups excluding carboxylic acids is 1. The molecule has 0 amide bonds. The monoisotopic (exact) mass is 373 g/mol. The number of sulfonamides is 1. The first-order valence-corrected chi connectivity index (χ1v) is 10.1. The van der Waals surface area contributed by atoms with Gasteiger partial charge in [-0.2, -0.15) is 4.31 Å². The Balaban J connectivity index is 2.02. The van der Waals surface area contributed by atoms with Crippen LogP contribution in [0.4, 0.5) is 0 Å². The molecule has 3 rings (SSSR count). The van der Waals surface area contributed by atoms with E-state index < -0.39 is 22.0 Å². The van der Waals surface area contributed by atoms with Crippen molar-refractivity contribution in [3.63, 3.8) is 0 Å². The van der Waals surface area contributed by atoms with Crippen LogP contribution < -0.4 is 0 Å². The van der Waals surface area contributed by atoms with E-state index in [4.69, 9.17) is 11.2 Å². The van der Waals surface area contributed by atoms with E-state index in [9.17, 15) is 13.2 Å². The fourth-order valence-electron chi connectivity index (χ4n) is 4.09. The largest absolute Gasteiger partial charge is 0.469 e. The summed E-state index contributed by atoms with van der Waals surface area (Å²) in [6.45, 7) is 2.09. The average molecular weight is 373 g/mol. The summed E-state index contributed by atoms with van der Waals surface area (Å²) in [6.07, 6.45) is 10.5. The molecule has 5 nitrogen and oxygen atoms in total. The lowest BCUT2D eigenvalue weighted by Gasteiger charge is -2.35. The zero-order valence-corrected chi connectivity index (χ0v) is 15.8. The highest BCUT2D eigenvalue weighted by atomic mass is 32.2. The Morgan fingerprint density at radius 3 is 2.54 bits per heavy atom. The molecule has 2 aliphatic rings. The molecule has 2 aliphatic carbocycles. The number of benzene rings is 1. The minimum Gasteiger partial charge on any atom is -0.469 e. The molecule has 0 aliphatic heterocycles. The summed E-state index contributed by atoms with van der Waals surface area (Å²) in [6, 6.07) is 6.28. The Morgan fingerprint density at radius 1 is 1.27 bits per heavy atom. The molecule has 0 saturated heterocycles. The van der Waals surface area contributed by atoms with Crippen LogP contribution in [-0.4, -0.2) is 38.4 Å². The van der Waals surface area contributed by atoms with Gasteiger partial charge in [-0.15, -0.1) is 12.3 Å². The second-order valence-electron chi connectivity index (χ2n) is 6.87. The van der Waals surface area contributed by atoms with Crippen molar-refractivity contribution in [3.8, 4) is 12.3 Å². The van der Waals surface area contributed by atoms with Crippen LogP contribution in [0.15, 0.2) is 41.3 Å². The predicted octanol–water partition coefficient (Wildman–Crippen LogP) is 2.37. The Hall–Kier alpha value is -2.10. The summed E-state index contributed by atoms with van der Waals surface area (Å²) in [4.78, 5) is 12.6. The van der Waals surface area contributed by atoms with Crippen molar-refractivity contribution in [1.82, 2.24) is 4.31 Å². The number of aryl methyl sites for hydroxylation is 1. The third-order valence-corrected chi connectivity index (χ3v) is 7.24. The van der Waals surface area contributed by atoms with Crippen molar-refractivity contribution >= 4 is 16.0 Å². The van der Waals surface area contributed by atoms with E-state index in [0.29, 0.717) is 0 Å². The third kappa shape index (κ3) is 3.17. The van der Waals surface area contributed by atoms with Crippen molar-refractivity contribution in [2.75, 3.05) is 13.7 Å².